The molecule has 25 heavy (non-hydrogen) atoms. The summed E-state index contributed by atoms with van der Waals surface area (Å²) in [6.45, 7) is 4.32. The molecule has 2 N–H and O–H groups in total. The van der Waals surface area contributed by atoms with Crippen molar-refractivity contribution in [3.8, 4) is 0 Å². The van der Waals surface area contributed by atoms with Gasteiger partial charge in [0.25, 0.3) is 0 Å². The van der Waals surface area contributed by atoms with Crippen molar-refractivity contribution in [2.24, 2.45) is 5.73 Å². The molecule has 0 aliphatic carbocycles. The molecule has 0 amide bonds. The molecule has 1 aliphatic heterocycles. The van der Waals surface area contributed by atoms with Gasteiger partial charge in [-0.1, -0.05) is 35.5 Å². The molecule has 0 bridgehead atoms. The SMILES string of the molecule is CN(Cc1noc(CN)n1)C1CCN(Cc2ccccc2)CC1.Cl.Cl. The van der Waals surface area contributed by atoms with Gasteiger partial charge in [0.15, 0.2) is 5.82 Å². The molecule has 1 saturated heterocycles. The summed E-state index contributed by atoms with van der Waals surface area (Å²) in [6.07, 6.45) is 2.34. The van der Waals surface area contributed by atoms with Gasteiger partial charge in [-0.05, 0) is 38.5 Å². The van der Waals surface area contributed by atoms with Crippen LogP contribution in [0.1, 0.15) is 30.1 Å². The zero-order chi connectivity index (χ0) is 16.1. The van der Waals surface area contributed by atoms with Gasteiger partial charge in [-0.2, -0.15) is 4.98 Å². The molecule has 140 valence electrons. The Bertz CT molecular complexity index is 602. The molecule has 0 radical (unpaired) electrons. The van der Waals surface area contributed by atoms with E-state index in [2.05, 4.69) is 57.3 Å². The number of nitrogens with two attached hydrogens (primary N) is 1. The highest BCUT2D eigenvalue weighted by Gasteiger charge is 2.23. The third kappa shape index (κ3) is 6.24. The fourth-order valence-electron chi connectivity index (χ4n) is 3.15. The number of hydrogen-bond acceptors (Lipinski definition) is 6. The van der Waals surface area contributed by atoms with Crippen LogP contribution in [-0.4, -0.2) is 46.1 Å². The molecule has 0 unspecified atom stereocenters. The number of likely N-dealkylation sites (tertiary alicyclic amines) is 1. The summed E-state index contributed by atoms with van der Waals surface area (Å²) < 4.78 is 5.06. The first-order valence-corrected chi connectivity index (χ1v) is 8.22. The molecule has 1 aliphatic rings. The van der Waals surface area contributed by atoms with Crippen LogP contribution in [0.4, 0.5) is 0 Å². The molecule has 0 spiro atoms. The molecule has 8 heteroatoms. The van der Waals surface area contributed by atoms with Gasteiger partial charge < -0.3 is 10.3 Å². The third-order valence-electron chi connectivity index (χ3n) is 4.51. The number of halogens is 2. The average Bonchev–Trinajstić information content (AvgIpc) is 3.04. The number of rotatable bonds is 6. The van der Waals surface area contributed by atoms with Crippen LogP contribution in [0.3, 0.4) is 0 Å². The second kappa shape index (κ2) is 10.7. The molecule has 1 aromatic carbocycles. The van der Waals surface area contributed by atoms with E-state index in [0.29, 0.717) is 25.0 Å². The first-order chi connectivity index (χ1) is 11.2. The molecule has 1 fully saturated rings. The Kier molecular flexibility index (Phi) is 9.38. The number of piperidine rings is 1. The molecule has 1 aromatic heterocycles. The van der Waals surface area contributed by atoms with E-state index in [1.54, 1.807) is 0 Å². The maximum Gasteiger partial charge on any atom is 0.240 e. The minimum absolute atomic E-state index is 0. The lowest BCUT2D eigenvalue weighted by atomic mass is 10.0. The van der Waals surface area contributed by atoms with Crippen molar-refractivity contribution >= 4 is 24.8 Å². The zero-order valence-corrected chi connectivity index (χ0v) is 16.1. The summed E-state index contributed by atoms with van der Waals surface area (Å²) in [5.74, 6) is 1.23. The molecule has 0 saturated carbocycles. The van der Waals surface area contributed by atoms with E-state index in [1.165, 1.54) is 18.4 Å². The summed E-state index contributed by atoms with van der Waals surface area (Å²) in [7, 11) is 2.13. The van der Waals surface area contributed by atoms with Gasteiger partial charge in [0.1, 0.15) is 0 Å². The van der Waals surface area contributed by atoms with Crippen molar-refractivity contribution in [2.75, 3.05) is 20.1 Å². The lowest BCUT2D eigenvalue weighted by Gasteiger charge is -2.36. The predicted octanol–water partition coefficient (Wildman–Crippen LogP) is 2.47. The van der Waals surface area contributed by atoms with Crippen LogP contribution in [0.2, 0.25) is 0 Å². The number of nitrogens with zero attached hydrogens (tertiary/aromatic N) is 4. The fraction of sp³-hybridized carbons (Fsp3) is 0.529. The van der Waals surface area contributed by atoms with Crippen molar-refractivity contribution in [2.45, 2.75) is 38.5 Å². The normalized spacial score (nSPS) is 15.6. The topological polar surface area (TPSA) is 71.4 Å². The summed E-state index contributed by atoms with van der Waals surface area (Å²) in [6, 6.07) is 11.3. The quantitative estimate of drug-likeness (QED) is 0.820. The zero-order valence-electron chi connectivity index (χ0n) is 14.5. The van der Waals surface area contributed by atoms with Gasteiger partial charge in [-0.25, -0.2) is 0 Å². The lowest BCUT2D eigenvalue weighted by Crippen LogP contribution is -2.42. The van der Waals surface area contributed by atoms with Gasteiger partial charge in [-0.3, -0.25) is 9.80 Å². The fourth-order valence-corrected chi connectivity index (χ4v) is 3.15. The van der Waals surface area contributed by atoms with Crippen LogP contribution in [0.5, 0.6) is 0 Å². The van der Waals surface area contributed by atoms with E-state index in [1.807, 2.05) is 0 Å². The van der Waals surface area contributed by atoms with E-state index in [4.69, 9.17) is 10.3 Å². The molecule has 2 aromatic rings. The van der Waals surface area contributed by atoms with E-state index >= 15 is 0 Å². The highest BCUT2D eigenvalue weighted by Crippen LogP contribution is 2.18. The second-order valence-corrected chi connectivity index (χ2v) is 6.22. The average molecular weight is 388 g/mol. The van der Waals surface area contributed by atoms with E-state index < -0.39 is 0 Å². The Morgan fingerprint density at radius 1 is 1.20 bits per heavy atom. The summed E-state index contributed by atoms with van der Waals surface area (Å²) in [4.78, 5) is 9.13. The first kappa shape index (κ1) is 21.9. The number of aromatic nitrogens is 2. The Morgan fingerprint density at radius 3 is 2.48 bits per heavy atom. The van der Waals surface area contributed by atoms with Crippen molar-refractivity contribution < 1.29 is 4.52 Å². The molecule has 6 nitrogen and oxygen atoms in total. The van der Waals surface area contributed by atoms with Crippen molar-refractivity contribution in [1.82, 2.24) is 19.9 Å². The van der Waals surface area contributed by atoms with Gasteiger partial charge >= 0.3 is 0 Å². The minimum atomic E-state index is 0. The number of hydrogen-bond donors (Lipinski definition) is 1. The Labute approximate surface area is 161 Å². The standard InChI is InChI=1S/C17H25N5O.2ClH/c1-21(13-16-19-17(11-18)23-20-16)15-7-9-22(10-8-15)12-14-5-3-2-4-6-14;;/h2-6,15H,7-13,18H2,1H3;2*1H. The van der Waals surface area contributed by atoms with E-state index in [0.717, 1.165) is 25.5 Å². The molecule has 0 atom stereocenters. The molecular formula is C17H27Cl2N5O. The van der Waals surface area contributed by atoms with Crippen LogP contribution < -0.4 is 5.73 Å². The van der Waals surface area contributed by atoms with Crippen LogP contribution in [0, 0.1) is 0 Å². The van der Waals surface area contributed by atoms with Gasteiger partial charge in [0.05, 0.1) is 13.1 Å². The first-order valence-electron chi connectivity index (χ1n) is 8.22. The second-order valence-electron chi connectivity index (χ2n) is 6.22. The summed E-state index contributed by atoms with van der Waals surface area (Å²) in [5.41, 5.74) is 6.89. The largest absolute Gasteiger partial charge is 0.338 e. The lowest BCUT2D eigenvalue weighted by molar-refractivity contribution is 0.117. The maximum atomic E-state index is 5.50. The minimum Gasteiger partial charge on any atom is -0.338 e. The van der Waals surface area contributed by atoms with Gasteiger partial charge in [-0.15, -0.1) is 24.8 Å². The number of benzene rings is 1. The Hall–Kier alpha value is -1.18. The summed E-state index contributed by atoms with van der Waals surface area (Å²) >= 11 is 0. The van der Waals surface area contributed by atoms with Crippen LogP contribution >= 0.6 is 24.8 Å². The molecular weight excluding hydrogens is 361 g/mol. The van der Waals surface area contributed by atoms with Crippen molar-refractivity contribution in [3.05, 3.63) is 47.6 Å². The monoisotopic (exact) mass is 387 g/mol. The van der Waals surface area contributed by atoms with Crippen LogP contribution in [-0.2, 0) is 19.6 Å². The molecule has 3 rings (SSSR count). The summed E-state index contributed by atoms with van der Waals surface area (Å²) in [5, 5.41) is 3.97. The Balaban J connectivity index is 0.00000156. The third-order valence-corrected chi connectivity index (χ3v) is 4.51. The van der Waals surface area contributed by atoms with Gasteiger partial charge in [0.2, 0.25) is 5.89 Å². The van der Waals surface area contributed by atoms with Gasteiger partial charge in [0, 0.05) is 12.6 Å². The maximum absolute atomic E-state index is 5.50. The predicted molar refractivity (Wildman–Crippen MR) is 103 cm³/mol. The Morgan fingerprint density at radius 2 is 1.88 bits per heavy atom. The highest BCUT2D eigenvalue weighted by molar-refractivity contribution is 5.85. The van der Waals surface area contributed by atoms with Crippen LogP contribution in [0.25, 0.3) is 0 Å². The van der Waals surface area contributed by atoms with Crippen molar-refractivity contribution in [3.63, 3.8) is 0 Å². The van der Waals surface area contributed by atoms with E-state index in [-0.39, 0.29) is 24.8 Å². The molecule has 2 heterocycles. The van der Waals surface area contributed by atoms with Crippen LogP contribution in [0.15, 0.2) is 34.9 Å². The van der Waals surface area contributed by atoms with E-state index in [9.17, 15) is 0 Å². The van der Waals surface area contributed by atoms with Crippen molar-refractivity contribution in [1.29, 1.82) is 0 Å². The smallest absolute Gasteiger partial charge is 0.240 e. The highest BCUT2D eigenvalue weighted by atomic mass is 35.5.